The number of unbranched alkanes of at least 4 members (excludes halogenated alkanes) is 1. The van der Waals surface area contributed by atoms with Gasteiger partial charge in [-0.1, -0.05) is 27.2 Å². The Balaban J connectivity index is 1.79. The van der Waals surface area contributed by atoms with E-state index in [2.05, 4.69) is 27.5 Å². The van der Waals surface area contributed by atoms with Crippen molar-refractivity contribution in [1.29, 1.82) is 0 Å². The van der Waals surface area contributed by atoms with Crippen LogP contribution in [0, 0.1) is 0 Å². The highest BCUT2D eigenvalue weighted by Gasteiger charge is 2.24. The van der Waals surface area contributed by atoms with E-state index in [1.54, 1.807) is 12.1 Å². The quantitative estimate of drug-likeness (QED) is 0.423. The maximum Gasteiger partial charge on any atom is 0.261 e. The fraction of sp³-hybridized carbons (Fsp3) is 0.542. The summed E-state index contributed by atoms with van der Waals surface area (Å²) >= 11 is 0. The van der Waals surface area contributed by atoms with E-state index in [-0.39, 0.29) is 10.8 Å². The molecule has 1 fully saturated rings. The molecule has 2 N–H and O–H groups in total. The first-order chi connectivity index (χ1) is 16.9. The fourth-order valence-electron chi connectivity index (χ4n) is 3.77. The number of nitrogens with zero attached hydrogens (tertiary/aromatic N) is 4. The lowest BCUT2D eigenvalue weighted by atomic mass is 10.2. The van der Waals surface area contributed by atoms with Gasteiger partial charge >= 0.3 is 0 Å². The minimum absolute atomic E-state index is 0.200. The monoisotopic (exact) mass is 504 g/mol. The zero-order valence-corrected chi connectivity index (χ0v) is 21.6. The van der Waals surface area contributed by atoms with Gasteiger partial charge in [0.2, 0.25) is 16.0 Å². The third-order valence-electron chi connectivity index (χ3n) is 5.71. The molecule has 0 saturated carbocycles. The summed E-state index contributed by atoms with van der Waals surface area (Å²) in [6, 6.07) is 6.23. The van der Waals surface area contributed by atoms with Gasteiger partial charge in [0.15, 0.2) is 0 Å². The van der Waals surface area contributed by atoms with Crippen LogP contribution < -0.4 is 15.5 Å². The maximum absolute atomic E-state index is 13.2. The summed E-state index contributed by atoms with van der Waals surface area (Å²) in [7, 11) is -3.57. The molecule has 2 aromatic rings. The molecule has 0 aliphatic carbocycles. The summed E-state index contributed by atoms with van der Waals surface area (Å²) in [6.07, 6.45) is 4.32. The van der Waals surface area contributed by atoms with Crippen LogP contribution in [0.2, 0.25) is 0 Å². The first-order valence-corrected chi connectivity index (χ1v) is 13.7. The van der Waals surface area contributed by atoms with Crippen LogP contribution in [0.5, 0.6) is 0 Å². The van der Waals surface area contributed by atoms with Crippen LogP contribution in [0.1, 0.15) is 50.4 Å². The predicted molar refractivity (Wildman–Crippen MR) is 138 cm³/mol. The zero-order valence-electron chi connectivity index (χ0n) is 20.8. The molecule has 1 aliphatic heterocycles. The lowest BCUT2D eigenvalue weighted by Gasteiger charge is -2.29. The van der Waals surface area contributed by atoms with Crippen LogP contribution in [-0.4, -0.2) is 74.5 Å². The molecule has 0 bridgehead atoms. The van der Waals surface area contributed by atoms with Crippen molar-refractivity contribution >= 4 is 33.4 Å². The molecule has 1 amide bonds. The van der Waals surface area contributed by atoms with Gasteiger partial charge in [0.25, 0.3) is 5.91 Å². The Morgan fingerprint density at radius 3 is 2.46 bits per heavy atom. The molecule has 1 aromatic carbocycles. The van der Waals surface area contributed by atoms with Gasteiger partial charge < -0.3 is 20.3 Å². The largest absolute Gasteiger partial charge is 0.378 e. The SMILES string of the molecule is CCCCNc1ncc(C(=O)Nc2ccc(S(=O)(=O)N(CC)CCC)cc2)c(N2CCOCC2)n1. The van der Waals surface area contributed by atoms with Crippen molar-refractivity contribution in [2.45, 2.75) is 44.9 Å². The molecule has 0 unspecified atom stereocenters. The van der Waals surface area contributed by atoms with E-state index in [1.165, 1.54) is 22.6 Å². The van der Waals surface area contributed by atoms with Gasteiger partial charge in [0.1, 0.15) is 11.4 Å². The highest BCUT2D eigenvalue weighted by Crippen LogP contribution is 2.23. The average Bonchev–Trinajstić information content (AvgIpc) is 2.88. The Bertz CT molecular complexity index is 1070. The van der Waals surface area contributed by atoms with Crippen molar-refractivity contribution in [1.82, 2.24) is 14.3 Å². The Labute approximate surface area is 208 Å². The van der Waals surface area contributed by atoms with Gasteiger partial charge in [-0.2, -0.15) is 9.29 Å². The lowest BCUT2D eigenvalue weighted by Crippen LogP contribution is -2.38. The smallest absolute Gasteiger partial charge is 0.261 e. The van der Waals surface area contributed by atoms with Gasteiger partial charge in [-0.25, -0.2) is 13.4 Å². The number of benzene rings is 1. The molecule has 2 heterocycles. The normalized spacial score (nSPS) is 14.2. The Morgan fingerprint density at radius 1 is 1.11 bits per heavy atom. The first-order valence-electron chi connectivity index (χ1n) is 12.3. The molecule has 1 saturated heterocycles. The van der Waals surface area contributed by atoms with E-state index < -0.39 is 10.0 Å². The minimum atomic E-state index is -3.57. The van der Waals surface area contributed by atoms with Crippen molar-refractivity contribution in [3.63, 3.8) is 0 Å². The zero-order chi connectivity index (χ0) is 25.3. The van der Waals surface area contributed by atoms with Crippen LogP contribution in [0.25, 0.3) is 0 Å². The second-order valence-corrected chi connectivity index (χ2v) is 10.2. The molecule has 11 heteroatoms. The van der Waals surface area contributed by atoms with Gasteiger partial charge in [0, 0.05) is 44.6 Å². The highest BCUT2D eigenvalue weighted by molar-refractivity contribution is 7.89. The van der Waals surface area contributed by atoms with Gasteiger partial charge in [-0.3, -0.25) is 4.79 Å². The number of morpholine rings is 1. The summed E-state index contributed by atoms with van der Waals surface area (Å²) in [5.74, 6) is 0.680. The third-order valence-corrected chi connectivity index (χ3v) is 7.70. The van der Waals surface area contributed by atoms with E-state index in [4.69, 9.17) is 4.74 Å². The van der Waals surface area contributed by atoms with Crippen LogP contribution >= 0.6 is 0 Å². The molecule has 10 nitrogen and oxygen atoms in total. The Kier molecular flexibility index (Phi) is 9.82. The van der Waals surface area contributed by atoms with Crippen LogP contribution in [-0.2, 0) is 14.8 Å². The molecule has 0 radical (unpaired) electrons. The van der Waals surface area contributed by atoms with Crippen molar-refractivity contribution in [2.24, 2.45) is 0 Å². The number of anilines is 3. The van der Waals surface area contributed by atoms with Crippen molar-refractivity contribution in [3.05, 3.63) is 36.0 Å². The molecule has 192 valence electrons. The summed E-state index contributed by atoms with van der Waals surface area (Å²) in [5.41, 5.74) is 0.843. The van der Waals surface area contributed by atoms with Crippen LogP contribution in [0.3, 0.4) is 0 Å². The third kappa shape index (κ3) is 6.89. The summed E-state index contributed by atoms with van der Waals surface area (Å²) in [6.45, 7) is 9.88. The number of nitrogens with one attached hydrogen (secondary N) is 2. The number of aromatic nitrogens is 2. The Hall–Kier alpha value is -2.76. The van der Waals surface area contributed by atoms with E-state index in [9.17, 15) is 13.2 Å². The highest BCUT2D eigenvalue weighted by atomic mass is 32.2. The molecule has 0 atom stereocenters. The standard InChI is InChI=1S/C24H36N6O4S/c1-4-7-12-25-24-26-18-21(22(28-24)29-14-16-34-17-15-29)23(31)27-19-8-10-20(11-9-19)35(32,33)30(6-3)13-5-2/h8-11,18H,4-7,12-17H2,1-3H3,(H,27,31)(H,25,26,28). The molecule has 1 aliphatic rings. The van der Waals surface area contributed by atoms with Gasteiger partial charge in [0.05, 0.1) is 18.1 Å². The second-order valence-electron chi connectivity index (χ2n) is 8.29. The second kappa shape index (κ2) is 12.8. The van der Waals surface area contributed by atoms with Crippen molar-refractivity contribution in [3.8, 4) is 0 Å². The van der Waals surface area contributed by atoms with E-state index in [0.29, 0.717) is 62.4 Å². The molecule has 3 rings (SSSR count). The summed E-state index contributed by atoms with van der Waals surface area (Å²) in [5, 5.41) is 6.06. The van der Waals surface area contributed by atoms with Crippen molar-refractivity contribution in [2.75, 3.05) is 61.5 Å². The van der Waals surface area contributed by atoms with Crippen molar-refractivity contribution < 1.29 is 17.9 Å². The predicted octanol–water partition coefficient (Wildman–Crippen LogP) is 3.20. The van der Waals surface area contributed by atoms with Crippen LogP contribution in [0.15, 0.2) is 35.4 Å². The number of carbonyl (C=O) groups is 1. The fourth-order valence-corrected chi connectivity index (χ4v) is 5.31. The van der Waals surface area contributed by atoms with Gasteiger partial charge in [-0.15, -0.1) is 0 Å². The molecule has 0 spiro atoms. The lowest BCUT2D eigenvalue weighted by molar-refractivity contribution is 0.102. The molecular formula is C24H36N6O4S. The van der Waals surface area contributed by atoms with E-state index in [0.717, 1.165) is 25.8 Å². The Morgan fingerprint density at radius 2 is 1.83 bits per heavy atom. The average molecular weight is 505 g/mol. The number of rotatable bonds is 12. The number of sulfonamides is 1. The topological polar surface area (TPSA) is 117 Å². The molecule has 1 aromatic heterocycles. The van der Waals surface area contributed by atoms with Gasteiger partial charge in [-0.05, 0) is 37.1 Å². The number of amides is 1. The first kappa shape index (κ1) is 26.8. The summed E-state index contributed by atoms with van der Waals surface area (Å²) < 4.78 is 32.6. The van der Waals surface area contributed by atoms with Crippen LogP contribution in [0.4, 0.5) is 17.5 Å². The van der Waals surface area contributed by atoms with E-state index >= 15 is 0 Å². The number of ether oxygens (including phenoxy) is 1. The molecular weight excluding hydrogens is 468 g/mol. The molecule has 35 heavy (non-hydrogen) atoms. The van der Waals surface area contributed by atoms with E-state index in [1.807, 2.05) is 18.7 Å². The number of carbonyl (C=O) groups excluding carboxylic acids is 1. The minimum Gasteiger partial charge on any atom is -0.378 e. The summed E-state index contributed by atoms with van der Waals surface area (Å²) in [4.78, 5) is 24.4. The number of hydrogen-bond acceptors (Lipinski definition) is 8. The maximum atomic E-state index is 13.2. The number of hydrogen-bond donors (Lipinski definition) is 2.